The van der Waals surface area contributed by atoms with Crippen LogP contribution in [-0.4, -0.2) is 6.54 Å². The Morgan fingerprint density at radius 2 is 1.85 bits per heavy atom. The van der Waals surface area contributed by atoms with E-state index in [1.165, 1.54) is 11.6 Å². The number of halogens is 1. The topological polar surface area (TPSA) is 12.0 Å². The van der Waals surface area contributed by atoms with E-state index >= 15 is 0 Å². The molecule has 0 aromatic heterocycles. The number of hydrogen-bond donors (Lipinski definition) is 1. The van der Waals surface area contributed by atoms with Crippen LogP contribution in [0.4, 0.5) is 4.39 Å². The smallest absolute Gasteiger partial charge is 0.137 e. The van der Waals surface area contributed by atoms with Crippen LogP contribution in [0.3, 0.4) is 0 Å². The molecule has 2 rings (SSSR count). The maximum Gasteiger partial charge on any atom is 0.137 e. The molecule has 1 N–H and O–H groups in total. The van der Waals surface area contributed by atoms with Gasteiger partial charge in [-0.3, -0.25) is 0 Å². The molecule has 2 aromatic rings. The number of rotatable bonds is 7. The third kappa shape index (κ3) is 4.36. The summed E-state index contributed by atoms with van der Waals surface area (Å²) >= 11 is 1.57. The first-order valence-corrected chi connectivity index (χ1v) is 7.94. The minimum Gasteiger partial charge on any atom is -0.313 e. The van der Waals surface area contributed by atoms with E-state index < -0.39 is 0 Å². The normalized spacial score (nSPS) is 10.7. The molecule has 106 valence electrons. The molecule has 0 aliphatic heterocycles. The van der Waals surface area contributed by atoms with Crippen molar-refractivity contribution in [2.75, 3.05) is 6.54 Å². The maximum absolute atomic E-state index is 14.0. The lowest BCUT2D eigenvalue weighted by Crippen LogP contribution is -2.14. The van der Waals surface area contributed by atoms with Gasteiger partial charge in [0.05, 0.1) is 0 Å². The van der Waals surface area contributed by atoms with Crippen molar-refractivity contribution in [3.63, 3.8) is 0 Å². The maximum atomic E-state index is 14.0. The van der Waals surface area contributed by atoms with E-state index in [-0.39, 0.29) is 5.82 Å². The Morgan fingerprint density at radius 3 is 2.60 bits per heavy atom. The van der Waals surface area contributed by atoms with Gasteiger partial charge in [0.15, 0.2) is 0 Å². The van der Waals surface area contributed by atoms with Crippen LogP contribution >= 0.6 is 11.8 Å². The summed E-state index contributed by atoms with van der Waals surface area (Å²) in [6.07, 6.45) is 1.09. The molecule has 1 nitrogen and oxygen atoms in total. The number of benzene rings is 2. The van der Waals surface area contributed by atoms with Crippen molar-refractivity contribution < 1.29 is 4.39 Å². The molecule has 2 aromatic carbocycles. The SMILES string of the molecule is CCCNCc1cccc(F)c1SCc1ccccc1. The van der Waals surface area contributed by atoms with E-state index in [1.54, 1.807) is 17.8 Å². The quantitative estimate of drug-likeness (QED) is 0.590. The second-order valence-corrected chi connectivity index (χ2v) is 5.66. The van der Waals surface area contributed by atoms with E-state index in [2.05, 4.69) is 24.4 Å². The molecule has 0 aliphatic carbocycles. The van der Waals surface area contributed by atoms with Gasteiger partial charge < -0.3 is 5.32 Å². The van der Waals surface area contributed by atoms with Crippen LogP contribution < -0.4 is 5.32 Å². The van der Waals surface area contributed by atoms with E-state index in [0.29, 0.717) is 0 Å². The molecule has 0 spiro atoms. The van der Waals surface area contributed by atoms with Gasteiger partial charge in [0.2, 0.25) is 0 Å². The first-order valence-electron chi connectivity index (χ1n) is 6.96. The average Bonchev–Trinajstić information content (AvgIpc) is 2.48. The number of hydrogen-bond acceptors (Lipinski definition) is 2. The summed E-state index contributed by atoms with van der Waals surface area (Å²) in [6, 6.07) is 15.5. The van der Waals surface area contributed by atoms with Crippen molar-refractivity contribution in [3.8, 4) is 0 Å². The molecule has 0 radical (unpaired) electrons. The summed E-state index contributed by atoms with van der Waals surface area (Å²) in [5, 5.41) is 3.34. The van der Waals surface area contributed by atoms with Gasteiger partial charge in [0, 0.05) is 17.2 Å². The summed E-state index contributed by atoms with van der Waals surface area (Å²) in [5.74, 6) is 0.671. The minimum absolute atomic E-state index is 0.123. The molecule has 0 aliphatic rings. The largest absolute Gasteiger partial charge is 0.313 e. The molecule has 0 heterocycles. The van der Waals surface area contributed by atoms with Gasteiger partial charge >= 0.3 is 0 Å². The predicted molar refractivity (Wildman–Crippen MR) is 84.4 cm³/mol. The zero-order valence-electron chi connectivity index (χ0n) is 11.7. The Morgan fingerprint density at radius 1 is 1.05 bits per heavy atom. The van der Waals surface area contributed by atoms with Crippen molar-refractivity contribution in [1.82, 2.24) is 5.32 Å². The second-order valence-electron chi connectivity index (χ2n) is 4.68. The Kier molecular flexibility index (Phi) is 6.09. The first-order chi connectivity index (χ1) is 9.81. The van der Waals surface area contributed by atoms with Crippen molar-refractivity contribution in [2.45, 2.75) is 30.5 Å². The Bertz CT molecular complexity index is 528. The van der Waals surface area contributed by atoms with Gasteiger partial charge in [0.25, 0.3) is 0 Å². The summed E-state index contributed by atoms with van der Waals surface area (Å²) < 4.78 is 14.0. The summed E-state index contributed by atoms with van der Waals surface area (Å²) in [5.41, 5.74) is 2.26. The van der Waals surface area contributed by atoms with Crippen LogP contribution in [0, 0.1) is 5.82 Å². The first kappa shape index (κ1) is 15.1. The van der Waals surface area contributed by atoms with E-state index in [1.807, 2.05) is 24.3 Å². The number of thioether (sulfide) groups is 1. The van der Waals surface area contributed by atoms with Crippen LogP contribution in [0.2, 0.25) is 0 Å². The third-order valence-electron chi connectivity index (χ3n) is 3.02. The molecular formula is C17H20FNS. The summed E-state index contributed by atoms with van der Waals surface area (Å²) in [7, 11) is 0. The highest BCUT2D eigenvalue weighted by atomic mass is 32.2. The molecule has 0 bridgehead atoms. The molecule has 0 saturated carbocycles. The van der Waals surface area contributed by atoms with E-state index in [4.69, 9.17) is 0 Å². The lowest BCUT2D eigenvalue weighted by molar-refractivity contribution is 0.589. The van der Waals surface area contributed by atoms with Crippen LogP contribution in [-0.2, 0) is 12.3 Å². The van der Waals surface area contributed by atoms with Crippen LogP contribution in [0.25, 0.3) is 0 Å². The van der Waals surface area contributed by atoms with Crippen LogP contribution in [0.1, 0.15) is 24.5 Å². The predicted octanol–water partition coefficient (Wildman–Crippen LogP) is 4.62. The molecule has 0 amide bonds. The summed E-state index contributed by atoms with van der Waals surface area (Å²) in [4.78, 5) is 0.764. The highest BCUT2D eigenvalue weighted by Crippen LogP contribution is 2.29. The van der Waals surface area contributed by atoms with Gasteiger partial charge in [-0.2, -0.15) is 0 Å². The average molecular weight is 289 g/mol. The molecule has 0 atom stereocenters. The Balaban J connectivity index is 2.05. The van der Waals surface area contributed by atoms with Crippen molar-refractivity contribution in [1.29, 1.82) is 0 Å². The van der Waals surface area contributed by atoms with E-state index in [9.17, 15) is 4.39 Å². The fourth-order valence-corrected chi connectivity index (χ4v) is 3.02. The van der Waals surface area contributed by atoms with Crippen LogP contribution in [0.15, 0.2) is 53.4 Å². The van der Waals surface area contributed by atoms with Gasteiger partial charge in [-0.05, 0) is 30.2 Å². The van der Waals surface area contributed by atoms with Crippen molar-refractivity contribution in [3.05, 3.63) is 65.5 Å². The van der Waals surface area contributed by atoms with E-state index in [0.717, 1.165) is 35.7 Å². The fraction of sp³-hybridized carbons (Fsp3) is 0.294. The molecule has 0 saturated heterocycles. The molecule has 0 fully saturated rings. The van der Waals surface area contributed by atoms with Crippen molar-refractivity contribution in [2.24, 2.45) is 0 Å². The third-order valence-corrected chi connectivity index (χ3v) is 4.24. The monoisotopic (exact) mass is 289 g/mol. The highest BCUT2D eigenvalue weighted by Gasteiger charge is 2.09. The Labute approximate surface area is 124 Å². The lowest BCUT2D eigenvalue weighted by Gasteiger charge is -2.11. The zero-order chi connectivity index (χ0) is 14.2. The standard InChI is InChI=1S/C17H20FNS/c1-2-11-19-12-15-9-6-10-16(18)17(15)20-13-14-7-4-3-5-8-14/h3-10,19H,2,11-13H2,1H3. The van der Waals surface area contributed by atoms with Gasteiger partial charge in [-0.1, -0.05) is 49.4 Å². The van der Waals surface area contributed by atoms with Crippen molar-refractivity contribution >= 4 is 11.8 Å². The fourth-order valence-electron chi connectivity index (χ4n) is 1.98. The number of nitrogens with one attached hydrogen (secondary N) is 1. The zero-order valence-corrected chi connectivity index (χ0v) is 12.5. The lowest BCUT2D eigenvalue weighted by atomic mass is 10.2. The molecule has 20 heavy (non-hydrogen) atoms. The van der Waals surface area contributed by atoms with Crippen LogP contribution in [0.5, 0.6) is 0 Å². The Hall–Kier alpha value is -1.32. The molecule has 3 heteroatoms. The minimum atomic E-state index is -0.123. The summed E-state index contributed by atoms with van der Waals surface area (Å²) in [6.45, 7) is 3.81. The second kappa shape index (κ2) is 8.08. The highest BCUT2D eigenvalue weighted by molar-refractivity contribution is 7.98. The van der Waals surface area contributed by atoms with Gasteiger partial charge in [-0.25, -0.2) is 4.39 Å². The van der Waals surface area contributed by atoms with Gasteiger partial charge in [-0.15, -0.1) is 11.8 Å². The van der Waals surface area contributed by atoms with Gasteiger partial charge in [0.1, 0.15) is 5.82 Å². The molecule has 0 unspecified atom stereocenters. The molecular weight excluding hydrogens is 269 g/mol.